The number of piperidine rings is 1. The summed E-state index contributed by atoms with van der Waals surface area (Å²) in [5, 5.41) is 9.63. The van der Waals surface area contributed by atoms with Crippen molar-refractivity contribution in [3.8, 4) is 0 Å². The van der Waals surface area contributed by atoms with E-state index in [1.54, 1.807) is 4.90 Å². The third-order valence-corrected chi connectivity index (χ3v) is 6.73. The number of nitrogens with zero attached hydrogens (tertiary/aromatic N) is 2. The van der Waals surface area contributed by atoms with Gasteiger partial charge in [0.25, 0.3) is 5.91 Å². The molecule has 2 heterocycles. The van der Waals surface area contributed by atoms with E-state index in [9.17, 15) is 19.5 Å². The molecular formula is C22H28N2O4. The van der Waals surface area contributed by atoms with E-state index in [4.69, 9.17) is 0 Å². The highest BCUT2D eigenvalue weighted by Crippen LogP contribution is 2.45. The van der Waals surface area contributed by atoms with Crippen LogP contribution in [0.1, 0.15) is 53.6 Å². The summed E-state index contributed by atoms with van der Waals surface area (Å²) in [4.78, 5) is 40.8. The number of benzene rings is 1. The molecule has 1 N–H and O–H groups in total. The molecule has 1 spiro atoms. The van der Waals surface area contributed by atoms with Crippen LogP contribution < -0.4 is 0 Å². The normalized spacial score (nSPS) is 23.9. The molecule has 2 amide bonds. The number of aliphatic carboxylic acids is 1. The third kappa shape index (κ3) is 3.40. The SMILES string of the molecule is Cc1ccc(C(=O)N2CCC3(CC2)C[C@H](C(=O)O)N(C(=O)C2CC2)C3)c(C)c1. The van der Waals surface area contributed by atoms with Crippen molar-refractivity contribution >= 4 is 17.8 Å². The minimum atomic E-state index is -0.903. The molecule has 1 aromatic carbocycles. The average Bonchev–Trinajstić information content (AvgIpc) is 3.44. The zero-order chi connectivity index (χ0) is 20.1. The fourth-order valence-corrected chi connectivity index (χ4v) is 4.84. The Kier molecular flexibility index (Phi) is 4.68. The predicted octanol–water partition coefficient (Wildman–Crippen LogP) is 2.62. The van der Waals surface area contributed by atoms with Crippen LogP contribution in [0.3, 0.4) is 0 Å². The van der Waals surface area contributed by atoms with Crippen molar-refractivity contribution in [1.82, 2.24) is 9.80 Å². The van der Waals surface area contributed by atoms with Crippen molar-refractivity contribution in [1.29, 1.82) is 0 Å². The van der Waals surface area contributed by atoms with Gasteiger partial charge in [-0.25, -0.2) is 4.79 Å². The summed E-state index contributed by atoms with van der Waals surface area (Å²) >= 11 is 0. The van der Waals surface area contributed by atoms with Gasteiger partial charge in [-0.1, -0.05) is 17.7 Å². The van der Waals surface area contributed by atoms with Crippen LogP contribution in [0.2, 0.25) is 0 Å². The van der Waals surface area contributed by atoms with Gasteiger partial charge in [0.05, 0.1) is 0 Å². The van der Waals surface area contributed by atoms with E-state index in [2.05, 4.69) is 0 Å². The van der Waals surface area contributed by atoms with Crippen molar-refractivity contribution in [2.75, 3.05) is 19.6 Å². The highest BCUT2D eigenvalue weighted by atomic mass is 16.4. The van der Waals surface area contributed by atoms with Gasteiger partial charge >= 0.3 is 5.97 Å². The molecular weight excluding hydrogens is 356 g/mol. The summed E-state index contributed by atoms with van der Waals surface area (Å²) < 4.78 is 0. The van der Waals surface area contributed by atoms with E-state index < -0.39 is 12.0 Å². The molecule has 6 heteroatoms. The molecule has 4 rings (SSSR count). The summed E-state index contributed by atoms with van der Waals surface area (Å²) in [6, 6.07) is 5.16. The number of rotatable bonds is 3. The number of amides is 2. The molecule has 2 aliphatic heterocycles. The number of carboxylic acids is 1. The molecule has 0 aromatic heterocycles. The standard InChI is InChI=1S/C22H28N2O4/c1-14-3-6-17(15(2)11-14)20(26)23-9-7-22(8-10-23)12-18(21(27)28)24(13-22)19(25)16-4-5-16/h3,6,11,16,18H,4-5,7-10,12-13H2,1-2H3,(H,27,28)/t18-/m1/s1. The van der Waals surface area contributed by atoms with Gasteiger partial charge in [0.1, 0.15) is 6.04 Å². The Bertz CT molecular complexity index is 822. The van der Waals surface area contributed by atoms with Crippen molar-refractivity contribution < 1.29 is 19.5 Å². The molecule has 1 atom stereocenters. The fraction of sp³-hybridized carbons (Fsp3) is 0.591. The number of hydrogen-bond acceptors (Lipinski definition) is 3. The second kappa shape index (κ2) is 6.90. The van der Waals surface area contributed by atoms with Crippen LogP contribution in [0.5, 0.6) is 0 Å². The first-order chi connectivity index (χ1) is 13.3. The van der Waals surface area contributed by atoms with Gasteiger partial charge in [0.2, 0.25) is 5.91 Å². The van der Waals surface area contributed by atoms with E-state index in [0.29, 0.717) is 26.1 Å². The van der Waals surface area contributed by atoms with Gasteiger partial charge in [-0.05, 0) is 63.0 Å². The highest BCUT2D eigenvalue weighted by Gasteiger charge is 2.52. The van der Waals surface area contributed by atoms with Crippen LogP contribution in [0.15, 0.2) is 18.2 Å². The number of hydrogen-bond donors (Lipinski definition) is 1. The van der Waals surface area contributed by atoms with Crippen molar-refractivity contribution in [3.63, 3.8) is 0 Å². The Morgan fingerprint density at radius 3 is 2.36 bits per heavy atom. The Morgan fingerprint density at radius 2 is 1.79 bits per heavy atom. The van der Waals surface area contributed by atoms with Crippen LogP contribution in [0, 0.1) is 25.2 Å². The predicted molar refractivity (Wildman–Crippen MR) is 104 cm³/mol. The molecule has 6 nitrogen and oxygen atoms in total. The zero-order valence-electron chi connectivity index (χ0n) is 16.6. The van der Waals surface area contributed by atoms with E-state index in [-0.39, 0.29) is 23.1 Å². The van der Waals surface area contributed by atoms with Crippen molar-refractivity contribution in [3.05, 3.63) is 34.9 Å². The van der Waals surface area contributed by atoms with E-state index >= 15 is 0 Å². The number of carbonyl (C=O) groups is 3. The smallest absolute Gasteiger partial charge is 0.326 e. The van der Waals surface area contributed by atoms with Crippen molar-refractivity contribution in [2.24, 2.45) is 11.3 Å². The summed E-state index contributed by atoms with van der Waals surface area (Å²) in [7, 11) is 0. The largest absolute Gasteiger partial charge is 0.480 e. The van der Waals surface area contributed by atoms with Gasteiger partial charge in [-0.3, -0.25) is 9.59 Å². The van der Waals surface area contributed by atoms with Gasteiger partial charge < -0.3 is 14.9 Å². The first kappa shape index (κ1) is 19.0. The summed E-state index contributed by atoms with van der Waals surface area (Å²) in [6.07, 6.45) is 3.77. The number of carbonyl (C=O) groups excluding carboxylic acids is 2. The topological polar surface area (TPSA) is 77.9 Å². The van der Waals surface area contributed by atoms with Crippen LogP contribution >= 0.6 is 0 Å². The maximum absolute atomic E-state index is 12.9. The molecule has 1 aromatic rings. The lowest BCUT2D eigenvalue weighted by Crippen LogP contribution is -2.45. The molecule has 150 valence electrons. The summed E-state index contributed by atoms with van der Waals surface area (Å²) in [6.45, 7) is 5.72. The molecule has 1 saturated carbocycles. The van der Waals surface area contributed by atoms with Gasteiger partial charge in [0.15, 0.2) is 0 Å². The van der Waals surface area contributed by atoms with E-state index in [1.807, 2.05) is 36.9 Å². The lowest BCUT2D eigenvalue weighted by molar-refractivity contribution is -0.148. The van der Waals surface area contributed by atoms with Gasteiger partial charge in [-0.15, -0.1) is 0 Å². The maximum atomic E-state index is 12.9. The number of aryl methyl sites for hydroxylation is 2. The second-order valence-electron chi connectivity index (χ2n) is 8.91. The molecule has 1 aliphatic carbocycles. The second-order valence-corrected chi connectivity index (χ2v) is 8.91. The summed E-state index contributed by atoms with van der Waals surface area (Å²) in [5.41, 5.74) is 2.69. The van der Waals surface area contributed by atoms with E-state index in [0.717, 1.165) is 42.4 Å². The first-order valence-corrected chi connectivity index (χ1v) is 10.2. The monoisotopic (exact) mass is 384 g/mol. The average molecular weight is 384 g/mol. The van der Waals surface area contributed by atoms with Crippen LogP contribution in [-0.2, 0) is 9.59 Å². The third-order valence-electron chi connectivity index (χ3n) is 6.73. The van der Waals surface area contributed by atoms with Gasteiger partial charge in [-0.2, -0.15) is 0 Å². The molecule has 0 bridgehead atoms. The lowest BCUT2D eigenvalue weighted by Gasteiger charge is -2.39. The lowest BCUT2D eigenvalue weighted by atomic mass is 9.76. The quantitative estimate of drug-likeness (QED) is 0.869. The minimum Gasteiger partial charge on any atom is -0.480 e. The summed E-state index contributed by atoms with van der Waals surface area (Å²) in [5.74, 6) is -0.813. The number of carboxylic acid groups (broad SMARTS) is 1. The Labute approximate surface area is 165 Å². The molecule has 3 aliphatic rings. The van der Waals surface area contributed by atoms with Crippen LogP contribution in [0.25, 0.3) is 0 Å². The van der Waals surface area contributed by atoms with E-state index in [1.165, 1.54) is 0 Å². The van der Waals surface area contributed by atoms with Crippen molar-refractivity contribution in [2.45, 2.75) is 52.0 Å². The maximum Gasteiger partial charge on any atom is 0.326 e. The molecule has 3 fully saturated rings. The molecule has 2 saturated heterocycles. The number of likely N-dealkylation sites (tertiary alicyclic amines) is 2. The fourth-order valence-electron chi connectivity index (χ4n) is 4.84. The minimum absolute atomic E-state index is 0.0121. The zero-order valence-corrected chi connectivity index (χ0v) is 16.6. The first-order valence-electron chi connectivity index (χ1n) is 10.2. The Hall–Kier alpha value is -2.37. The highest BCUT2D eigenvalue weighted by molar-refractivity contribution is 5.95. The molecule has 0 radical (unpaired) electrons. The molecule has 28 heavy (non-hydrogen) atoms. The Morgan fingerprint density at radius 1 is 1.11 bits per heavy atom. The van der Waals surface area contributed by atoms with Gasteiger partial charge in [0, 0.05) is 31.1 Å². The van der Waals surface area contributed by atoms with Crippen LogP contribution in [-0.4, -0.2) is 58.4 Å². The molecule has 0 unspecified atom stereocenters. The van der Waals surface area contributed by atoms with Crippen LogP contribution in [0.4, 0.5) is 0 Å². The Balaban J connectivity index is 1.45.